The first-order valence-corrected chi connectivity index (χ1v) is 1.60. The van der Waals surface area contributed by atoms with E-state index in [9.17, 15) is 0 Å². The summed E-state index contributed by atoms with van der Waals surface area (Å²) in [6.45, 7) is 0. The smallest absolute Gasteiger partial charge is 0.109 e. The van der Waals surface area contributed by atoms with Crippen molar-refractivity contribution in [2.45, 2.75) is 0 Å². The summed E-state index contributed by atoms with van der Waals surface area (Å²) < 4.78 is 0. The van der Waals surface area contributed by atoms with Crippen LogP contribution >= 0.6 is 23.2 Å². The molecule has 0 atom stereocenters. The van der Waals surface area contributed by atoms with E-state index in [0.717, 1.165) is 0 Å². The minimum absolute atomic E-state index is 0. The Hall–Kier alpha value is 1.18. The number of hydrogen-bond donors (Lipinski definition) is 0. The minimum atomic E-state index is 0. The Morgan fingerprint density at radius 1 is 1.25 bits per heavy atom. The Balaban J connectivity index is 0. The van der Waals surface area contributed by atoms with Gasteiger partial charge in [-0.05, 0) is 0 Å². The van der Waals surface area contributed by atoms with E-state index in [2.05, 4.69) is 0 Å². The molecule has 0 saturated carbocycles. The molecular weight excluding hydrogens is 89.9 g/mol. The third kappa shape index (κ3) is 10.9. The van der Waals surface area contributed by atoms with Crippen molar-refractivity contribution in [2.75, 3.05) is 5.34 Å². The molecule has 0 heterocycles. The van der Waals surface area contributed by atoms with Gasteiger partial charge in [-0.1, -0.05) is 0 Å². The minimum Gasteiger partial charge on any atom is -0.109 e. The summed E-state index contributed by atoms with van der Waals surface area (Å²) in [5.74, 6) is 0. The van der Waals surface area contributed by atoms with Crippen molar-refractivity contribution in [1.29, 1.82) is 0 Å². The summed E-state index contributed by atoms with van der Waals surface area (Å²) in [6.07, 6.45) is 0. The molecule has 20 valence electrons. The molecule has 0 spiro atoms. The van der Waals surface area contributed by atoms with Crippen molar-refractivity contribution >= 4 is 23.2 Å². The molecule has 0 aliphatic rings. The van der Waals surface area contributed by atoms with Gasteiger partial charge in [-0.15, -0.1) is 23.2 Å². The molecule has 0 rings (SSSR count). The largest absolute Gasteiger partial charge is 1.00 e. The maximum absolute atomic E-state index is 4.76. The average Bonchev–Trinajstić information content (AvgIpc) is 0.918. The van der Waals surface area contributed by atoms with Gasteiger partial charge in [0.15, 0.2) is 0 Å². The van der Waals surface area contributed by atoms with Crippen LogP contribution in [0.15, 0.2) is 0 Å². The maximum Gasteiger partial charge on any atom is 1.00 e. The molecular formula is CH2Cl2Li+. The summed E-state index contributed by atoms with van der Waals surface area (Å²) in [5, 5.41) is 0.194. The van der Waals surface area contributed by atoms with E-state index in [1.807, 2.05) is 0 Å². The molecule has 0 bridgehead atoms. The molecule has 3 heteroatoms. The van der Waals surface area contributed by atoms with E-state index in [1.165, 1.54) is 0 Å². The predicted molar refractivity (Wildman–Crippen MR) is 16.6 cm³/mol. The first kappa shape index (κ1) is 8.95. The summed E-state index contributed by atoms with van der Waals surface area (Å²) in [6, 6.07) is 0. The monoisotopic (exact) mass is 91.0 g/mol. The van der Waals surface area contributed by atoms with Crippen LogP contribution in [0.2, 0.25) is 0 Å². The molecule has 0 aromatic rings. The van der Waals surface area contributed by atoms with Crippen molar-refractivity contribution in [1.82, 2.24) is 0 Å². The van der Waals surface area contributed by atoms with Crippen molar-refractivity contribution in [3.63, 3.8) is 0 Å². The number of hydrogen-bond acceptors (Lipinski definition) is 0. The molecule has 0 aliphatic carbocycles. The first-order chi connectivity index (χ1) is 1.41. The summed E-state index contributed by atoms with van der Waals surface area (Å²) in [5.41, 5.74) is 0. The van der Waals surface area contributed by atoms with Crippen molar-refractivity contribution in [2.24, 2.45) is 0 Å². The molecule has 0 unspecified atom stereocenters. The van der Waals surface area contributed by atoms with E-state index in [0.29, 0.717) is 0 Å². The van der Waals surface area contributed by atoms with Gasteiger partial charge in [-0.3, -0.25) is 0 Å². The molecule has 0 aromatic heterocycles. The molecule has 0 aliphatic heterocycles. The van der Waals surface area contributed by atoms with E-state index in [4.69, 9.17) is 23.2 Å². The average molecular weight is 91.9 g/mol. The van der Waals surface area contributed by atoms with Gasteiger partial charge in [0.1, 0.15) is 0 Å². The normalized spacial score (nSPS) is 4.50. The van der Waals surface area contributed by atoms with Crippen LogP contribution in [-0.2, 0) is 0 Å². The number of alkyl halides is 2. The Morgan fingerprint density at radius 2 is 1.25 bits per heavy atom. The number of rotatable bonds is 0. The topological polar surface area (TPSA) is 0 Å². The van der Waals surface area contributed by atoms with Gasteiger partial charge in [0.05, 0.1) is 5.34 Å². The molecule has 0 saturated heterocycles. The molecule has 0 aromatic carbocycles. The van der Waals surface area contributed by atoms with E-state index < -0.39 is 0 Å². The molecule has 0 radical (unpaired) electrons. The SMILES string of the molecule is ClCCl.[Li+]. The van der Waals surface area contributed by atoms with Crippen molar-refractivity contribution < 1.29 is 18.9 Å². The zero-order valence-electron chi connectivity index (χ0n) is 2.46. The van der Waals surface area contributed by atoms with Crippen LogP contribution in [0.4, 0.5) is 0 Å². The van der Waals surface area contributed by atoms with Crippen LogP contribution in [0.3, 0.4) is 0 Å². The van der Waals surface area contributed by atoms with Gasteiger partial charge >= 0.3 is 18.9 Å². The van der Waals surface area contributed by atoms with E-state index in [1.54, 1.807) is 0 Å². The standard InChI is InChI=1S/CH2Cl2.Li/c2-1-3;/h1H2;/q;+1. The van der Waals surface area contributed by atoms with Gasteiger partial charge < -0.3 is 0 Å². The van der Waals surface area contributed by atoms with Crippen molar-refractivity contribution in [3.8, 4) is 0 Å². The Labute approximate surface area is 47.6 Å². The molecule has 0 fully saturated rings. The van der Waals surface area contributed by atoms with Crippen LogP contribution in [0.5, 0.6) is 0 Å². The quantitative estimate of drug-likeness (QED) is 0.250. The Morgan fingerprint density at radius 3 is 1.25 bits per heavy atom. The van der Waals surface area contributed by atoms with Gasteiger partial charge in [-0.25, -0.2) is 0 Å². The zero-order chi connectivity index (χ0) is 2.71. The third-order valence-electron chi connectivity index (χ3n) is 0. The summed E-state index contributed by atoms with van der Waals surface area (Å²) in [7, 11) is 0. The van der Waals surface area contributed by atoms with Gasteiger partial charge in [0.25, 0.3) is 0 Å². The first-order valence-electron chi connectivity index (χ1n) is 0.535. The van der Waals surface area contributed by atoms with Gasteiger partial charge in [-0.2, -0.15) is 0 Å². The second kappa shape index (κ2) is 8.90. The molecule has 0 amide bonds. The predicted octanol–water partition coefficient (Wildman–Crippen LogP) is -1.57. The Kier molecular flexibility index (Phi) is 19.9. The van der Waals surface area contributed by atoms with Crippen LogP contribution in [0.1, 0.15) is 0 Å². The van der Waals surface area contributed by atoms with Crippen LogP contribution in [-0.4, -0.2) is 5.34 Å². The summed E-state index contributed by atoms with van der Waals surface area (Å²) in [4.78, 5) is 0. The van der Waals surface area contributed by atoms with Gasteiger partial charge in [0, 0.05) is 0 Å². The second-order valence-electron chi connectivity index (χ2n) is 0.101. The van der Waals surface area contributed by atoms with E-state index in [-0.39, 0.29) is 24.2 Å². The molecule has 0 nitrogen and oxygen atoms in total. The summed E-state index contributed by atoms with van der Waals surface area (Å²) >= 11 is 9.53. The zero-order valence-corrected chi connectivity index (χ0v) is 3.97. The van der Waals surface area contributed by atoms with Crippen LogP contribution < -0.4 is 18.9 Å². The third-order valence-corrected chi connectivity index (χ3v) is 0. The fourth-order valence-electron chi connectivity index (χ4n) is 0. The van der Waals surface area contributed by atoms with Crippen LogP contribution in [0, 0.1) is 0 Å². The van der Waals surface area contributed by atoms with Gasteiger partial charge in [0.2, 0.25) is 0 Å². The Bertz CT molecular complexity index is 6.00. The number of halogens is 2. The molecule has 4 heavy (non-hydrogen) atoms. The fraction of sp³-hybridized carbons (Fsp3) is 1.00. The maximum atomic E-state index is 4.76. The fourth-order valence-corrected chi connectivity index (χ4v) is 0. The second-order valence-corrected chi connectivity index (χ2v) is 0.909. The molecule has 0 N–H and O–H groups in total. The van der Waals surface area contributed by atoms with Crippen molar-refractivity contribution in [3.05, 3.63) is 0 Å². The van der Waals surface area contributed by atoms with Crippen LogP contribution in [0.25, 0.3) is 0 Å². The van der Waals surface area contributed by atoms with E-state index >= 15 is 0 Å².